The molecule has 0 fully saturated rings. The molecule has 2 N–H and O–H groups in total. The van der Waals surface area contributed by atoms with E-state index in [4.69, 9.17) is 4.74 Å². The SMILES string of the molecule is COc1cccc(-c2nc(CC(=O)N[C@H](C)Cc3c[nH]c4ccccc34)cs2)c1. The number of hydrogen-bond donors (Lipinski definition) is 2. The number of para-hydroxylation sites is 1. The number of methoxy groups -OCH3 is 1. The summed E-state index contributed by atoms with van der Waals surface area (Å²) >= 11 is 1.54. The first-order chi connectivity index (χ1) is 14.1. The number of benzene rings is 2. The standard InChI is InChI=1S/C23H23N3O2S/c1-15(10-17-13-24-21-9-4-3-8-20(17)21)25-22(27)12-18-14-29-23(26-18)16-6-5-7-19(11-16)28-2/h3-9,11,13-15,24H,10,12H2,1-2H3,(H,25,27)/t15-/m1/s1. The average molecular weight is 406 g/mol. The number of nitrogens with zero attached hydrogens (tertiary/aromatic N) is 1. The van der Waals surface area contributed by atoms with E-state index in [1.165, 1.54) is 22.3 Å². The van der Waals surface area contributed by atoms with Gasteiger partial charge < -0.3 is 15.0 Å². The summed E-state index contributed by atoms with van der Waals surface area (Å²) in [5.41, 5.74) is 4.11. The van der Waals surface area contributed by atoms with Gasteiger partial charge in [0.25, 0.3) is 0 Å². The third-order valence-electron chi connectivity index (χ3n) is 4.82. The summed E-state index contributed by atoms with van der Waals surface area (Å²) in [5, 5.41) is 7.13. The third-order valence-corrected chi connectivity index (χ3v) is 5.76. The predicted octanol–water partition coefficient (Wildman–Crippen LogP) is 4.59. The van der Waals surface area contributed by atoms with Gasteiger partial charge in [-0.15, -0.1) is 11.3 Å². The van der Waals surface area contributed by atoms with Gasteiger partial charge in [0.1, 0.15) is 10.8 Å². The average Bonchev–Trinajstić information content (AvgIpc) is 3.35. The lowest BCUT2D eigenvalue weighted by Crippen LogP contribution is -2.35. The van der Waals surface area contributed by atoms with Gasteiger partial charge >= 0.3 is 0 Å². The molecule has 6 heteroatoms. The molecule has 4 aromatic rings. The zero-order valence-corrected chi connectivity index (χ0v) is 17.3. The van der Waals surface area contributed by atoms with E-state index in [9.17, 15) is 4.79 Å². The van der Waals surface area contributed by atoms with E-state index < -0.39 is 0 Å². The molecule has 0 saturated carbocycles. The molecule has 0 bridgehead atoms. The minimum absolute atomic E-state index is 0.0140. The van der Waals surface area contributed by atoms with Crippen molar-refractivity contribution in [1.82, 2.24) is 15.3 Å². The Balaban J connectivity index is 1.36. The molecular weight excluding hydrogens is 382 g/mol. The van der Waals surface area contributed by atoms with Crippen molar-refractivity contribution in [3.63, 3.8) is 0 Å². The molecular formula is C23H23N3O2S. The van der Waals surface area contributed by atoms with Crippen molar-refractivity contribution in [3.8, 4) is 16.3 Å². The fraction of sp³-hybridized carbons (Fsp3) is 0.217. The van der Waals surface area contributed by atoms with Crippen molar-refractivity contribution in [2.24, 2.45) is 0 Å². The van der Waals surface area contributed by atoms with Crippen LogP contribution in [-0.2, 0) is 17.6 Å². The Morgan fingerprint density at radius 1 is 1.24 bits per heavy atom. The maximum atomic E-state index is 12.5. The number of rotatable bonds is 7. The largest absolute Gasteiger partial charge is 0.497 e. The van der Waals surface area contributed by atoms with Crippen LogP contribution in [0.2, 0.25) is 0 Å². The summed E-state index contributed by atoms with van der Waals surface area (Å²) in [6, 6.07) is 16.0. The molecule has 0 aliphatic heterocycles. The monoisotopic (exact) mass is 405 g/mol. The van der Waals surface area contributed by atoms with Crippen LogP contribution < -0.4 is 10.1 Å². The molecule has 0 saturated heterocycles. The smallest absolute Gasteiger partial charge is 0.226 e. The Morgan fingerprint density at radius 2 is 2.10 bits per heavy atom. The van der Waals surface area contributed by atoms with Crippen LogP contribution in [0.25, 0.3) is 21.5 Å². The van der Waals surface area contributed by atoms with Crippen LogP contribution in [0.5, 0.6) is 5.75 Å². The van der Waals surface area contributed by atoms with Gasteiger partial charge in [-0.2, -0.15) is 0 Å². The van der Waals surface area contributed by atoms with Crippen molar-refractivity contribution in [1.29, 1.82) is 0 Å². The molecule has 29 heavy (non-hydrogen) atoms. The lowest BCUT2D eigenvalue weighted by Gasteiger charge is -2.13. The van der Waals surface area contributed by atoms with Crippen molar-refractivity contribution >= 4 is 28.1 Å². The molecule has 0 radical (unpaired) electrons. The summed E-state index contributed by atoms with van der Waals surface area (Å²) in [5.74, 6) is 0.780. The van der Waals surface area contributed by atoms with E-state index in [0.717, 1.165) is 34.0 Å². The Labute approximate surface area is 173 Å². The molecule has 0 aliphatic rings. The topological polar surface area (TPSA) is 67.0 Å². The van der Waals surface area contributed by atoms with Gasteiger partial charge in [0, 0.05) is 34.1 Å². The molecule has 1 amide bonds. The Hall–Kier alpha value is -3.12. The van der Waals surface area contributed by atoms with Gasteiger partial charge in [-0.25, -0.2) is 4.98 Å². The second-order valence-electron chi connectivity index (χ2n) is 7.08. The van der Waals surface area contributed by atoms with E-state index in [-0.39, 0.29) is 18.4 Å². The van der Waals surface area contributed by atoms with E-state index in [1.807, 2.05) is 54.9 Å². The molecule has 0 unspecified atom stereocenters. The second-order valence-corrected chi connectivity index (χ2v) is 7.94. The number of aromatic nitrogens is 2. The number of carbonyl (C=O) groups is 1. The number of thiazole rings is 1. The quantitative estimate of drug-likeness (QED) is 0.473. The maximum absolute atomic E-state index is 12.5. The van der Waals surface area contributed by atoms with E-state index in [1.54, 1.807) is 7.11 Å². The number of amides is 1. The van der Waals surface area contributed by atoms with E-state index in [0.29, 0.717) is 0 Å². The highest BCUT2D eigenvalue weighted by atomic mass is 32.1. The van der Waals surface area contributed by atoms with E-state index >= 15 is 0 Å². The number of ether oxygens (including phenoxy) is 1. The number of nitrogens with one attached hydrogen (secondary N) is 2. The fourth-order valence-electron chi connectivity index (χ4n) is 3.45. The van der Waals surface area contributed by atoms with Gasteiger partial charge in [-0.05, 0) is 37.1 Å². The minimum atomic E-state index is -0.0140. The first kappa shape index (κ1) is 19.2. The molecule has 2 aromatic heterocycles. The number of aromatic amines is 1. The lowest BCUT2D eigenvalue weighted by atomic mass is 10.1. The molecule has 0 spiro atoms. The molecule has 148 valence electrons. The van der Waals surface area contributed by atoms with Gasteiger partial charge in [0.15, 0.2) is 0 Å². The Bertz CT molecular complexity index is 1130. The highest BCUT2D eigenvalue weighted by Gasteiger charge is 2.14. The van der Waals surface area contributed by atoms with E-state index in [2.05, 4.69) is 27.4 Å². The van der Waals surface area contributed by atoms with Crippen molar-refractivity contribution in [3.05, 3.63) is 71.4 Å². The van der Waals surface area contributed by atoms with Crippen LogP contribution in [0.15, 0.2) is 60.1 Å². The Kier molecular flexibility index (Phi) is 5.62. The zero-order valence-electron chi connectivity index (χ0n) is 16.4. The minimum Gasteiger partial charge on any atom is -0.497 e. The maximum Gasteiger partial charge on any atom is 0.226 e. The van der Waals surface area contributed by atoms with Crippen LogP contribution in [0.3, 0.4) is 0 Å². The van der Waals surface area contributed by atoms with Gasteiger partial charge in [-0.1, -0.05) is 30.3 Å². The third kappa shape index (κ3) is 4.49. The van der Waals surface area contributed by atoms with Crippen molar-refractivity contribution in [2.75, 3.05) is 7.11 Å². The molecule has 0 aliphatic carbocycles. The van der Waals surface area contributed by atoms with Gasteiger partial charge in [-0.3, -0.25) is 4.79 Å². The molecule has 5 nitrogen and oxygen atoms in total. The summed E-state index contributed by atoms with van der Waals surface area (Å²) < 4.78 is 5.27. The molecule has 2 heterocycles. The summed E-state index contributed by atoms with van der Waals surface area (Å²) in [4.78, 5) is 20.4. The second kappa shape index (κ2) is 8.49. The normalized spacial score (nSPS) is 12.1. The molecule has 2 aromatic carbocycles. The molecule has 4 rings (SSSR count). The fourth-order valence-corrected chi connectivity index (χ4v) is 4.27. The zero-order chi connectivity index (χ0) is 20.2. The summed E-state index contributed by atoms with van der Waals surface area (Å²) in [7, 11) is 1.65. The number of fused-ring (bicyclic) bond motifs is 1. The van der Waals surface area contributed by atoms with Gasteiger partial charge in [0.2, 0.25) is 5.91 Å². The van der Waals surface area contributed by atoms with Crippen LogP contribution >= 0.6 is 11.3 Å². The first-order valence-electron chi connectivity index (χ1n) is 9.55. The number of carbonyl (C=O) groups excluding carboxylic acids is 1. The summed E-state index contributed by atoms with van der Waals surface area (Å²) in [6.45, 7) is 2.03. The lowest BCUT2D eigenvalue weighted by molar-refractivity contribution is -0.121. The molecule has 1 atom stereocenters. The number of hydrogen-bond acceptors (Lipinski definition) is 4. The first-order valence-corrected chi connectivity index (χ1v) is 10.4. The highest BCUT2D eigenvalue weighted by molar-refractivity contribution is 7.13. The van der Waals surface area contributed by atoms with Crippen LogP contribution in [0.1, 0.15) is 18.2 Å². The van der Waals surface area contributed by atoms with Crippen LogP contribution in [0.4, 0.5) is 0 Å². The van der Waals surface area contributed by atoms with Crippen molar-refractivity contribution in [2.45, 2.75) is 25.8 Å². The Morgan fingerprint density at radius 3 is 2.97 bits per heavy atom. The van der Waals surface area contributed by atoms with Gasteiger partial charge in [0.05, 0.1) is 19.2 Å². The highest BCUT2D eigenvalue weighted by Crippen LogP contribution is 2.27. The summed E-state index contributed by atoms with van der Waals surface area (Å²) in [6.07, 6.45) is 3.08. The van der Waals surface area contributed by atoms with Crippen LogP contribution in [-0.4, -0.2) is 29.0 Å². The van der Waals surface area contributed by atoms with Crippen molar-refractivity contribution < 1.29 is 9.53 Å². The van der Waals surface area contributed by atoms with Crippen LogP contribution in [0, 0.1) is 0 Å². The predicted molar refractivity (Wildman–Crippen MR) is 117 cm³/mol. The number of H-pyrrole nitrogens is 1.